The van der Waals surface area contributed by atoms with Gasteiger partial charge in [0.2, 0.25) is 20.9 Å². The monoisotopic (exact) mass is 300 g/mol. The lowest BCUT2D eigenvalue weighted by atomic mass is 10.1. The van der Waals surface area contributed by atoms with Gasteiger partial charge in [-0.05, 0) is 19.3 Å². The van der Waals surface area contributed by atoms with Crippen molar-refractivity contribution < 1.29 is 13.2 Å². The Bertz CT molecular complexity index is 573. The van der Waals surface area contributed by atoms with Crippen molar-refractivity contribution >= 4 is 15.7 Å². The van der Waals surface area contributed by atoms with Crippen LogP contribution in [0.2, 0.25) is 0 Å². The highest BCUT2D eigenvalue weighted by Crippen LogP contribution is 2.23. The van der Waals surface area contributed by atoms with Crippen LogP contribution in [0, 0.1) is 0 Å². The van der Waals surface area contributed by atoms with E-state index in [2.05, 4.69) is 10.2 Å². The van der Waals surface area contributed by atoms with Crippen molar-refractivity contribution in [3.8, 4) is 0 Å². The lowest BCUT2D eigenvalue weighted by molar-refractivity contribution is -0.132. The Morgan fingerprint density at radius 2 is 2.05 bits per heavy atom. The molecular weight excluding hydrogens is 280 g/mol. The standard InChI is InChI=1S/C12H20N4O3S/c1-3-4-11(17)16-7-5-10(6-8-16)20(18,19)12-14-13-9-15(12)2/h9-10H,3-8H2,1-2H3. The van der Waals surface area contributed by atoms with Gasteiger partial charge in [0.15, 0.2) is 0 Å². The molecule has 1 aliphatic heterocycles. The van der Waals surface area contributed by atoms with Gasteiger partial charge in [0.25, 0.3) is 0 Å². The van der Waals surface area contributed by atoms with Crippen molar-refractivity contribution in [1.82, 2.24) is 19.7 Å². The lowest BCUT2D eigenvalue weighted by Crippen LogP contribution is -2.42. The Kier molecular flexibility index (Phi) is 4.42. The number of likely N-dealkylation sites (tertiary alicyclic amines) is 1. The van der Waals surface area contributed by atoms with Gasteiger partial charge >= 0.3 is 0 Å². The Balaban J connectivity index is 2.04. The average Bonchev–Trinajstić information content (AvgIpc) is 2.86. The Morgan fingerprint density at radius 3 is 2.55 bits per heavy atom. The molecule has 0 aromatic carbocycles. The lowest BCUT2D eigenvalue weighted by Gasteiger charge is -2.31. The molecule has 1 aromatic heterocycles. The highest BCUT2D eigenvalue weighted by molar-refractivity contribution is 7.91. The van der Waals surface area contributed by atoms with Crippen LogP contribution >= 0.6 is 0 Å². The fourth-order valence-corrected chi connectivity index (χ4v) is 4.21. The van der Waals surface area contributed by atoms with Crippen molar-refractivity contribution in [2.75, 3.05) is 13.1 Å². The van der Waals surface area contributed by atoms with Crippen molar-refractivity contribution in [1.29, 1.82) is 0 Å². The molecule has 0 N–H and O–H groups in total. The minimum absolute atomic E-state index is 0.0100. The second kappa shape index (κ2) is 5.90. The molecule has 0 unspecified atom stereocenters. The predicted molar refractivity (Wildman–Crippen MR) is 72.7 cm³/mol. The van der Waals surface area contributed by atoms with Crippen molar-refractivity contribution in [2.24, 2.45) is 7.05 Å². The molecule has 1 aromatic rings. The van der Waals surface area contributed by atoms with Crippen LogP contribution in [0.5, 0.6) is 0 Å². The van der Waals surface area contributed by atoms with Crippen molar-refractivity contribution in [2.45, 2.75) is 43.0 Å². The van der Waals surface area contributed by atoms with Gasteiger partial charge in [-0.3, -0.25) is 4.79 Å². The molecule has 2 heterocycles. The zero-order chi connectivity index (χ0) is 14.8. The van der Waals surface area contributed by atoms with Crippen molar-refractivity contribution in [3.05, 3.63) is 6.33 Å². The highest BCUT2D eigenvalue weighted by atomic mass is 32.2. The van der Waals surface area contributed by atoms with E-state index in [1.54, 1.807) is 11.9 Å². The SMILES string of the molecule is CCCC(=O)N1CCC(S(=O)(=O)c2nncn2C)CC1. The van der Waals surface area contributed by atoms with Crippen LogP contribution in [0.15, 0.2) is 11.5 Å². The first-order chi connectivity index (χ1) is 9.46. The number of amides is 1. The Morgan fingerprint density at radius 1 is 1.40 bits per heavy atom. The van der Waals surface area contributed by atoms with E-state index in [0.29, 0.717) is 32.4 Å². The van der Waals surface area contributed by atoms with Crippen LogP contribution < -0.4 is 0 Å². The summed E-state index contributed by atoms with van der Waals surface area (Å²) in [5, 5.41) is 6.84. The number of rotatable bonds is 4. The molecule has 0 spiro atoms. The maximum atomic E-state index is 12.4. The van der Waals surface area contributed by atoms with E-state index < -0.39 is 15.1 Å². The van der Waals surface area contributed by atoms with Crippen LogP contribution in [0.4, 0.5) is 0 Å². The van der Waals surface area contributed by atoms with Gasteiger partial charge < -0.3 is 9.47 Å². The van der Waals surface area contributed by atoms with Gasteiger partial charge in [-0.1, -0.05) is 6.92 Å². The van der Waals surface area contributed by atoms with E-state index in [-0.39, 0.29) is 11.1 Å². The third-order valence-electron chi connectivity index (χ3n) is 3.62. The summed E-state index contributed by atoms with van der Waals surface area (Å²) in [5.74, 6) is 0.113. The fraction of sp³-hybridized carbons (Fsp3) is 0.750. The second-order valence-electron chi connectivity index (χ2n) is 5.10. The molecule has 112 valence electrons. The van der Waals surface area contributed by atoms with E-state index in [1.165, 1.54) is 10.9 Å². The number of hydrogen-bond donors (Lipinski definition) is 0. The molecule has 1 aliphatic rings. The molecule has 2 rings (SSSR count). The van der Waals surface area contributed by atoms with Crippen LogP contribution in [0.25, 0.3) is 0 Å². The van der Waals surface area contributed by atoms with E-state index >= 15 is 0 Å². The number of hydrogen-bond acceptors (Lipinski definition) is 5. The molecule has 1 saturated heterocycles. The molecule has 0 atom stereocenters. The van der Waals surface area contributed by atoms with E-state index in [0.717, 1.165) is 6.42 Å². The maximum absolute atomic E-state index is 12.4. The zero-order valence-electron chi connectivity index (χ0n) is 11.8. The average molecular weight is 300 g/mol. The molecular formula is C12H20N4O3S. The number of aryl methyl sites for hydroxylation is 1. The largest absolute Gasteiger partial charge is 0.343 e. The zero-order valence-corrected chi connectivity index (χ0v) is 12.6. The molecule has 1 fully saturated rings. The third-order valence-corrected chi connectivity index (χ3v) is 5.85. The predicted octanol–water partition coefficient (Wildman–Crippen LogP) is 0.380. The van der Waals surface area contributed by atoms with Gasteiger partial charge in [0, 0.05) is 26.6 Å². The maximum Gasteiger partial charge on any atom is 0.249 e. The summed E-state index contributed by atoms with van der Waals surface area (Å²) in [7, 11) is -1.84. The highest BCUT2D eigenvalue weighted by Gasteiger charge is 2.35. The van der Waals surface area contributed by atoms with Crippen LogP contribution in [-0.2, 0) is 21.7 Å². The summed E-state index contributed by atoms with van der Waals surface area (Å²) < 4.78 is 26.3. The number of nitrogens with zero attached hydrogens (tertiary/aromatic N) is 4. The summed E-state index contributed by atoms with van der Waals surface area (Å²) in [6.07, 6.45) is 3.65. The first-order valence-corrected chi connectivity index (χ1v) is 8.37. The van der Waals surface area contributed by atoms with Crippen LogP contribution in [0.3, 0.4) is 0 Å². The molecule has 0 aliphatic carbocycles. The summed E-state index contributed by atoms with van der Waals surface area (Å²) in [5.41, 5.74) is 0. The van der Waals surface area contributed by atoms with Gasteiger partial charge in [0.05, 0.1) is 5.25 Å². The first kappa shape index (κ1) is 15.0. The third kappa shape index (κ3) is 2.84. The number of carbonyl (C=O) groups is 1. The number of piperidine rings is 1. The normalized spacial score (nSPS) is 17.4. The van der Waals surface area contributed by atoms with E-state index in [4.69, 9.17) is 0 Å². The molecule has 0 bridgehead atoms. The Labute approximate surface area is 118 Å². The number of aromatic nitrogens is 3. The van der Waals surface area contributed by atoms with Crippen LogP contribution in [0.1, 0.15) is 32.6 Å². The first-order valence-electron chi connectivity index (χ1n) is 6.82. The molecule has 8 heteroatoms. The molecule has 1 amide bonds. The quantitative estimate of drug-likeness (QED) is 0.802. The van der Waals surface area contributed by atoms with Gasteiger partial charge in [-0.2, -0.15) is 0 Å². The smallest absolute Gasteiger partial charge is 0.249 e. The van der Waals surface area contributed by atoms with E-state index in [9.17, 15) is 13.2 Å². The second-order valence-corrected chi connectivity index (χ2v) is 7.22. The number of carbonyl (C=O) groups excluding carboxylic acids is 1. The minimum Gasteiger partial charge on any atom is -0.343 e. The van der Waals surface area contributed by atoms with Gasteiger partial charge in [-0.25, -0.2) is 8.42 Å². The topological polar surface area (TPSA) is 85.2 Å². The fourth-order valence-electron chi connectivity index (χ4n) is 2.47. The number of sulfone groups is 1. The molecule has 20 heavy (non-hydrogen) atoms. The summed E-state index contributed by atoms with van der Waals surface area (Å²) in [6, 6.07) is 0. The summed E-state index contributed by atoms with van der Waals surface area (Å²) in [6.45, 7) is 2.96. The molecule has 0 radical (unpaired) electrons. The van der Waals surface area contributed by atoms with Crippen molar-refractivity contribution in [3.63, 3.8) is 0 Å². The Hall–Kier alpha value is -1.44. The van der Waals surface area contributed by atoms with Crippen LogP contribution in [-0.4, -0.2) is 52.3 Å². The molecule has 7 nitrogen and oxygen atoms in total. The summed E-state index contributed by atoms with van der Waals surface area (Å²) in [4.78, 5) is 13.5. The summed E-state index contributed by atoms with van der Waals surface area (Å²) >= 11 is 0. The minimum atomic E-state index is -3.46. The van der Waals surface area contributed by atoms with E-state index in [1.807, 2.05) is 6.92 Å². The van der Waals surface area contributed by atoms with Gasteiger partial charge in [-0.15, -0.1) is 10.2 Å². The molecule has 0 saturated carbocycles. The van der Waals surface area contributed by atoms with Gasteiger partial charge in [0.1, 0.15) is 6.33 Å².